The van der Waals surface area contributed by atoms with Gasteiger partial charge in [0.1, 0.15) is 47.5 Å². The molecule has 2 aromatic heterocycles. The first-order chi connectivity index (χ1) is 22.4. The Morgan fingerprint density at radius 3 is 2.36 bits per heavy atom. The van der Waals surface area contributed by atoms with Crippen LogP contribution in [0.5, 0.6) is 5.75 Å². The first-order valence-corrected chi connectivity index (χ1v) is 16.0. The van der Waals surface area contributed by atoms with Crippen LogP contribution in [0, 0.1) is 32.1 Å². The topological polar surface area (TPSA) is 138 Å². The van der Waals surface area contributed by atoms with Crippen LogP contribution in [0.2, 0.25) is 0 Å². The van der Waals surface area contributed by atoms with Gasteiger partial charge >= 0.3 is 11.9 Å². The molecule has 0 saturated carbocycles. The molecule has 0 spiro atoms. The summed E-state index contributed by atoms with van der Waals surface area (Å²) in [5.74, 6) is 0.920. The Morgan fingerprint density at radius 2 is 1.68 bits per heavy atom. The van der Waals surface area contributed by atoms with E-state index in [0.29, 0.717) is 17.1 Å². The van der Waals surface area contributed by atoms with Crippen LogP contribution in [0.25, 0.3) is 16.1 Å². The number of fused-ring (bicyclic) bond motifs is 3. The van der Waals surface area contributed by atoms with Gasteiger partial charge in [0.2, 0.25) is 0 Å². The quantitative estimate of drug-likeness (QED) is 0.149. The Morgan fingerprint density at radius 1 is 0.979 bits per heavy atom. The van der Waals surface area contributed by atoms with Crippen molar-refractivity contribution in [2.45, 2.75) is 59.6 Å². The summed E-state index contributed by atoms with van der Waals surface area (Å²) >= 11 is 1.65. The molecule has 5 rings (SSSR count). The molecule has 2 aromatic carbocycles. The molecule has 0 bridgehead atoms. The van der Waals surface area contributed by atoms with Crippen molar-refractivity contribution in [1.82, 2.24) is 14.8 Å². The second kappa shape index (κ2) is 13.9. The van der Waals surface area contributed by atoms with Crippen LogP contribution in [-0.4, -0.2) is 64.9 Å². The van der Waals surface area contributed by atoms with Gasteiger partial charge in [0.15, 0.2) is 5.82 Å². The number of hydrogen-bond acceptors (Lipinski definition) is 11. The second-order valence-electron chi connectivity index (χ2n) is 12.1. The summed E-state index contributed by atoms with van der Waals surface area (Å²) in [7, 11) is 1.36. The number of nitriles is 1. The lowest BCUT2D eigenvalue weighted by Gasteiger charge is -2.19. The lowest BCUT2D eigenvalue weighted by Crippen LogP contribution is -2.27. The van der Waals surface area contributed by atoms with Crippen molar-refractivity contribution in [2.75, 3.05) is 26.9 Å². The number of carbonyl (C=O) groups excluding carboxylic acids is 2. The van der Waals surface area contributed by atoms with Crippen LogP contribution in [0.4, 0.5) is 0 Å². The Kier molecular flexibility index (Phi) is 9.88. The first-order valence-electron chi connectivity index (χ1n) is 15.1. The second-order valence-corrected chi connectivity index (χ2v) is 13.3. The monoisotopic (exact) mass is 655 g/mol. The molecule has 0 unspecified atom stereocenters. The van der Waals surface area contributed by atoms with Crippen LogP contribution < -0.4 is 4.74 Å². The molecular formula is C35H37N5O6S. The summed E-state index contributed by atoms with van der Waals surface area (Å²) in [5.41, 5.74) is 5.30. The molecule has 11 nitrogen and oxygen atoms in total. The summed E-state index contributed by atoms with van der Waals surface area (Å²) in [6.07, 6.45) is 0.0322. The molecule has 3 heterocycles. The van der Waals surface area contributed by atoms with Gasteiger partial charge in [-0.1, -0.05) is 30.3 Å². The Balaban J connectivity index is 1.37. The normalized spacial score (nSPS) is 13.9. The number of aryl methyl sites for hydroxylation is 2. The number of rotatable bonds is 10. The summed E-state index contributed by atoms with van der Waals surface area (Å²) in [6.45, 7) is 11.6. The number of thiophene rings is 1. The molecule has 0 aliphatic carbocycles. The number of benzene rings is 2. The minimum absolute atomic E-state index is 0.0322. The number of nitrogens with zero attached hydrogens (tertiary/aromatic N) is 5. The fraction of sp³-hybridized carbons (Fsp3) is 0.371. The van der Waals surface area contributed by atoms with Gasteiger partial charge in [0.05, 0.1) is 31.4 Å². The van der Waals surface area contributed by atoms with Crippen molar-refractivity contribution in [2.24, 2.45) is 4.99 Å². The van der Waals surface area contributed by atoms with Crippen molar-refractivity contribution < 1.29 is 28.5 Å². The standard InChI is InChI=1S/C35H37N5O6S/c1-20-21(2)47-34-31(20)32(37-27(17-29(41)43-7)33-39-38-22(3)40(33)34)24-10-8-23(9-11-24)25-12-13-28(26(16-25)18-36)45-15-14-44-19-30(42)46-35(4,5)6/h8-13,16,27H,14-15,17,19H2,1-7H3/t27-/m0/s1. The van der Waals surface area contributed by atoms with E-state index in [9.17, 15) is 14.9 Å². The van der Waals surface area contributed by atoms with E-state index in [1.807, 2.05) is 41.8 Å². The maximum Gasteiger partial charge on any atom is 0.332 e. The van der Waals surface area contributed by atoms with Gasteiger partial charge in [-0.3, -0.25) is 14.4 Å². The Labute approximate surface area is 277 Å². The highest BCUT2D eigenvalue weighted by atomic mass is 32.1. The lowest BCUT2D eigenvalue weighted by atomic mass is 9.96. The molecule has 1 aliphatic heterocycles. The van der Waals surface area contributed by atoms with Crippen LogP contribution in [0.1, 0.15) is 72.0 Å². The van der Waals surface area contributed by atoms with Crippen LogP contribution >= 0.6 is 11.3 Å². The predicted octanol–water partition coefficient (Wildman–Crippen LogP) is 5.99. The van der Waals surface area contributed by atoms with E-state index < -0.39 is 17.6 Å². The van der Waals surface area contributed by atoms with Crippen molar-refractivity contribution in [3.05, 3.63) is 81.2 Å². The molecule has 0 fully saturated rings. The van der Waals surface area contributed by atoms with Crippen molar-refractivity contribution in [3.63, 3.8) is 0 Å². The SMILES string of the molecule is COC(=O)C[C@@H]1N=C(c2ccc(-c3ccc(OCCOCC(=O)OC(C)(C)C)c(C#N)c3)cc2)c2c(sc(C)c2C)-n2c(C)nnc21. The zero-order valence-corrected chi connectivity index (χ0v) is 28.4. The van der Waals surface area contributed by atoms with E-state index in [2.05, 4.69) is 30.1 Å². The van der Waals surface area contributed by atoms with E-state index in [-0.39, 0.29) is 32.2 Å². The van der Waals surface area contributed by atoms with Crippen molar-refractivity contribution >= 4 is 29.0 Å². The van der Waals surface area contributed by atoms with Crippen molar-refractivity contribution in [3.8, 4) is 27.9 Å². The van der Waals surface area contributed by atoms with Gasteiger partial charge in [-0.2, -0.15) is 5.26 Å². The Hall–Kier alpha value is -4.86. The molecule has 47 heavy (non-hydrogen) atoms. The maximum atomic E-state index is 12.4. The van der Waals surface area contributed by atoms with Gasteiger partial charge in [-0.15, -0.1) is 21.5 Å². The van der Waals surface area contributed by atoms with Crippen LogP contribution in [0.15, 0.2) is 47.5 Å². The molecule has 0 N–H and O–H groups in total. The Bertz CT molecular complexity index is 1880. The number of hydrogen-bond donors (Lipinski definition) is 0. The summed E-state index contributed by atoms with van der Waals surface area (Å²) in [5, 5.41) is 19.5. The predicted molar refractivity (Wildman–Crippen MR) is 177 cm³/mol. The molecule has 0 amide bonds. The minimum atomic E-state index is -0.578. The number of methoxy groups -OCH3 is 1. The van der Waals surface area contributed by atoms with E-state index in [1.165, 1.54) is 7.11 Å². The van der Waals surface area contributed by atoms with Gasteiger partial charge < -0.3 is 18.9 Å². The third-order valence-corrected chi connectivity index (χ3v) is 8.74. The molecule has 1 aliphatic rings. The summed E-state index contributed by atoms with van der Waals surface area (Å²) in [4.78, 5) is 30.5. The number of ether oxygens (including phenoxy) is 4. The number of carbonyl (C=O) groups is 2. The average molecular weight is 656 g/mol. The lowest BCUT2D eigenvalue weighted by molar-refractivity contribution is -0.160. The summed E-state index contributed by atoms with van der Waals surface area (Å²) in [6, 6.07) is 15.0. The van der Waals surface area contributed by atoms with Gasteiger partial charge in [-0.25, -0.2) is 4.79 Å². The number of esters is 2. The molecular weight excluding hydrogens is 618 g/mol. The highest BCUT2D eigenvalue weighted by Crippen LogP contribution is 2.40. The fourth-order valence-electron chi connectivity index (χ4n) is 5.25. The van der Waals surface area contributed by atoms with E-state index in [1.54, 1.807) is 44.2 Å². The molecule has 244 valence electrons. The zero-order chi connectivity index (χ0) is 33.9. The smallest absolute Gasteiger partial charge is 0.332 e. The summed E-state index contributed by atoms with van der Waals surface area (Å²) < 4.78 is 23.3. The molecule has 12 heteroatoms. The fourth-order valence-corrected chi connectivity index (χ4v) is 6.46. The molecule has 0 radical (unpaired) electrons. The number of aliphatic imine (C=N–C) groups is 1. The largest absolute Gasteiger partial charge is 0.490 e. The van der Waals surface area contributed by atoms with E-state index in [4.69, 9.17) is 23.9 Å². The third kappa shape index (κ3) is 7.42. The van der Waals surface area contributed by atoms with Gasteiger partial charge in [0, 0.05) is 16.0 Å². The molecule has 0 saturated heterocycles. The van der Waals surface area contributed by atoms with Gasteiger partial charge in [-0.05, 0) is 70.4 Å². The highest BCUT2D eigenvalue weighted by Gasteiger charge is 2.32. The first kappa shape index (κ1) is 33.5. The average Bonchev–Trinajstić information content (AvgIpc) is 3.51. The molecule has 4 aromatic rings. The molecule has 1 atom stereocenters. The van der Waals surface area contributed by atoms with Crippen LogP contribution in [0.3, 0.4) is 0 Å². The minimum Gasteiger partial charge on any atom is -0.490 e. The van der Waals surface area contributed by atoms with Crippen LogP contribution in [-0.2, 0) is 23.8 Å². The number of aromatic nitrogens is 3. The highest BCUT2D eigenvalue weighted by molar-refractivity contribution is 7.15. The van der Waals surface area contributed by atoms with E-state index >= 15 is 0 Å². The van der Waals surface area contributed by atoms with Crippen molar-refractivity contribution in [1.29, 1.82) is 5.26 Å². The van der Waals surface area contributed by atoms with E-state index in [0.717, 1.165) is 49.2 Å². The third-order valence-electron chi connectivity index (χ3n) is 7.54. The zero-order valence-electron chi connectivity index (χ0n) is 27.5. The van der Waals surface area contributed by atoms with Gasteiger partial charge in [0.25, 0.3) is 0 Å². The maximum absolute atomic E-state index is 12.4.